The van der Waals surface area contributed by atoms with Gasteiger partial charge in [-0.3, -0.25) is 0 Å². The van der Waals surface area contributed by atoms with E-state index in [0.717, 1.165) is 5.56 Å². The lowest BCUT2D eigenvalue weighted by Gasteiger charge is -2.31. The van der Waals surface area contributed by atoms with Crippen LogP contribution in [0.4, 0.5) is 18.7 Å². The first-order valence-corrected chi connectivity index (χ1v) is 17.5. The van der Waals surface area contributed by atoms with E-state index in [1.807, 2.05) is 33.8 Å². The molecule has 5 rings (SSSR count). The zero-order valence-corrected chi connectivity index (χ0v) is 27.7. The van der Waals surface area contributed by atoms with Crippen LogP contribution in [0.3, 0.4) is 0 Å². The monoisotopic (exact) mass is 682 g/mol. The molecule has 0 aliphatic carbocycles. The van der Waals surface area contributed by atoms with Crippen molar-refractivity contribution in [1.82, 2.24) is 14.6 Å². The molecule has 1 unspecified atom stereocenters. The number of sulfonamides is 1. The number of alkyl carbamates (subject to hydrolysis) is 1. The molecule has 3 aromatic rings. The number of carbonyl (C=O) groups excluding carboxylic acids is 1. The molecule has 15 heteroatoms. The Bertz CT molecular complexity index is 1610. The maximum Gasteiger partial charge on any atom is 0.407 e. The van der Waals surface area contributed by atoms with Crippen molar-refractivity contribution in [2.45, 2.75) is 75.5 Å². The average molecular weight is 683 g/mol. The van der Waals surface area contributed by atoms with Crippen LogP contribution in [0.5, 0.6) is 0 Å². The Morgan fingerprint density at radius 2 is 1.89 bits per heavy atom. The van der Waals surface area contributed by atoms with Crippen LogP contribution in [-0.4, -0.2) is 91.7 Å². The number of alkyl halides is 2. The number of nitrogens with zero attached hydrogens (tertiary/aromatic N) is 2. The van der Waals surface area contributed by atoms with Crippen molar-refractivity contribution >= 4 is 42.8 Å². The molecular weight excluding hydrogens is 642 g/mol. The van der Waals surface area contributed by atoms with Gasteiger partial charge in [0.25, 0.3) is 5.92 Å². The summed E-state index contributed by atoms with van der Waals surface area (Å²) in [6, 6.07) is 12.9. The van der Waals surface area contributed by atoms with Gasteiger partial charge in [-0.25, -0.2) is 27.0 Å². The van der Waals surface area contributed by atoms with E-state index in [9.17, 15) is 27.1 Å². The molecule has 0 bridgehead atoms. The van der Waals surface area contributed by atoms with E-state index in [1.165, 1.54) is 21.7 Å². The van der Waals surface area contributed by atoms with Gasteiger partial charge in [0.05, 0.1) is 33.9 Å². The van der Waals surface area contributed by atoms with Gasteiger partial charge < -0.3 is 30.0 Å². The molecule has 1 amide bonds. The minimum absolute atomic E-state index is 0.0510. The van der Waals surface area contributed by atoms with Crippen molar-refractivity contribution in [3.05, 3.63) is 54.1 Å². The number of rotatable bonds is 13. The Kier molecular flexibility index (Phi) is 10.5. The topological polar surface area (TPSA) is 139 Å². The summed E-state index contributed by atoms with van der Waals surface area (Å²) < 4.78 is 74.3. The summed E-state index contributed by atoms with van der Waals surface area (Å²) in [4.78, 5) is 17.6. The molecule has 2 aliphatic heterocycles. The number of benzene rings is 2. The van der Waals surface area contributed by atoms with Crippen LogP contribution in [0, 0.1) is 11.8 Å². The van der Waals surface area contributed by atoms with E-state index in [2.05, 4.69) is 15.6 Å². The Balaban J connectivity index is 1.36. The smallest absolute Gasteiger partial charge is 0.407 e. The predicted octanol–water partition coefficient (Wildman–Crippen LogP) is 4.47. The van der Waals surface area contributed by atoms with Gasteiger partial charge in [-0.05, 0) is 49.9 Å². The van der Waals surface area contributed by atoms with Gasteiger partial charge in [0, 0.05) is 19.1 Å². The van der Waals surface area contributed by atoms with Crippen molar-refractivity contribution in [2.75, 3.05) is 31.6 Å². The molecule has 252 valence electrons. The highest BCUT2D eigenvalue weighted by Crippen LogP contribution is 2.43. The van der Waals surface area contributed by atoms with Crippen LogP contribution in [0.25, 0.3) is 10.2 Å². The van der Waals surface area contributed by atoms with Crippen molar-refractivity contribution in [1.29, 1.82) is 0 Å². The van der Waals surface area contributed by atoms with E-state index in [-0.39, 0.29) is 43.0 Å². The number of amides is 1. The number of thiazole rings is 1. The van der Waals surface area contributed by atoms with Crippen molar-refractivity contribution in [3.63, 3.8) is 0 Å². The Morgan fingerprint density at radius 1 is 1.15 bits per heavy atom. The number of anilines is 1. The van der Waals surface area contributed by atoms with E-state index >= 15 is 0 Å². The highest BCUT2D eigenvalue weighted by atomic mass is 32.2. The molecule has 0 radical (unpaired) electrons. The van der Waals surface area contributed by atoms with E-state index < -0.39 is 59.1 Å². The molecule has 0 spiro atoms. The number of nitrogens with one attached hydrogen (secondary N) is 2. The highest BCUT2D eigenvalue weighted by molar-refractivity contribution is 7.89. The summed E-state index contributed by atoms with van der Waals surface area (Å²) in [5.41, 5.74) is 1.42. The lowest BCUT2D eigenvalue weighted by atomic mass is 9.99. The normalized spacial score (nSPS) is 22.3. The highest BCUT2D eigenvalue weighted by Gasteiger charge is 2.60. The number of halogens is 2. The van der Waals surface area contributed by atoms with Gasteiger partial charge in [-0.2, -0.15) is 4.31 Å². The SMILES string of the molecule is CC(C)CN(C[C@@H](O)[C@H](Cc1ccccc1)NC(=O)OC1CO[C@H]2OCC(F)(F)[C@@H]12)S(=O)(=O)c1ccc2nc(NC(C)C)sc2c1. The van der Waals surface area contributed by atoms with Crippen LogP contribution in [0.2, 0.25) is 0 Å². The van der Waals surface area contributed by atoms with Gasteiger partial charge in [-0.15, -0.1) is 0 Å². The number of hydrogen-bond acceptors (Lipinski definition) is 10. The van der Waals surface area contributed by atoms with Crippen molar-refractivity contribution in [3.8, 4) is 0 Å². The lowest BCUT2D eigenvalue weighted by Crippen LogP contribution is -2.52. The second-order valence-electron chi connectivity index (χ2n) is 12.4. The number of ether oxygens (including phenoxy) is 3. The number of hydrogen-bond donors (Lipinski definition) is 3. The maximum atomic E-state index is 14.4. The van der Waals surface area contributed by atoms with Crippen LogP contribution in [0.15, 0.2) is 53.4 Å². The lowest BCUT2D eigenvalue weighted by molar-refractivity contribution is -0.0953. The Labute approximate surface area is 271 Å². The summed E-state index contributed by atoms with van der Waals surface area (Å²) >= 11 is 1.35. The molecule has 1 aromatic heterocycles. The third-order valence-corrected chi connectivity index (χ3v) is 10.5. The zero-order chi connectivity index (χ0) is 33.2. The van der Waals surface area contributed by atoms with Gasteiger partial charge in [0.1, 0.15) is 18.6 Å². The Morgan fingerprint density at radius 3 is 2.59 bits per heavy atom. The molecule has 5 atom stereocenters. The molecule has 3 heterocycles. The summed E-state index contributed by atoms with van der Waals surface area (Å²) in [5.74, 6) is -4.77. The summed E-state index contributed by atoms with van der Waals surface area (Å²) in [5, 5.41) is 18.0. The quantitative estimate of drug-likeness (QED) is 0.238. The Hall–Kier alpha value is -2.95. The molecule has 2 fully saturated rings. The molecule has 2 aliphatic rings. The summed E-state index contributed by atoms with van der Waals surface area (Å²) in [6.07, 6.45) is -4.73. The van der Waals surface area contributed by atoms with Crippen LogP contribution in [-0.2, 0) is 30.7 Å². The second-order valence-corrected chi connectivity index (χ2v) is 15.4. The molecule has 11 nitrogen and oxygen atoms in total. The minimum Gasteiger partial charge on any atom is -0.443 e. The number of fused-ring (bicyclic) bond motifs is 2. The molecule has 46 heavy (non-hydrogen) atoms. The maximum absolute atomic E-state index is 14.4. The van der Waals surface area contributed by atoms with Gasteiger partial charge in [-0.1, -0.05) is 55.5 Å². The second kappa shape index (κ2) is 14.0. The van der Waals surface area contributed by atoms with E-state index in [1.54, 1.807) is 36.4 Å². The molecule has 0 saturated carbocycles. The largest absolute Gasteiger partial charge is 0.443 e. The minimum atomic E-state index is -4.10. The number of carbonyl (C=O) groups is 1. The molecular formula is C31H40F2N4O7S2. The standard InChI is InChI=1S/C31H40F2N4O7S2/c1-18(2)14-37(46(40,41)21-10-11-22-26(13-21)45-29(35-22)34-19(3)4)15-24(38)23(12-20-8-6-5-7-9-20)36-30(39)44-25-16-42-28-27(25)31(32,33)17-43-28/h5-11,13,18-19,23-25,27-28,38H,12,14-17H2,1-4H3,(H,34,35)(H,36,39)/t23-,24+,25?,27-,28-/m0/s1. The van der Waals surface area contributed by atoms with Crippen LogP contribution >= 0.6 is 11.3 Å². The number of aromatic nitrogens is 1. The molecule has 2 aromatic carbocycles. The summed E-state index contributed by atoms with van der Waals surface area (Å²) in [6.45, 7) is 6.36. The fourth-order valence-electron chi connectivity index (χ4n) is 5.60. The van der Waals surface area contributed by atoms with Gasteiger partial charge in [0.15, 0.2) is 11.4 Å². The fourth-order valence-corrected chi connectivity index (χ4v) is 8.38. The molecule has 3 N–H and O–H groups in total. The number of aliphatic hydroxyl groups excluding tert-OH is 1. The fraction of sp³-hybridized carbons (Fsp3) is 0.548. The summed E-state index contributed by atoms with van der Waals surface area (Å²) in [7, 11) is -4.10. The third-order valence-electron chi connectivity index (χ3n) is 7.74. The van der Waals surface area contributed by atoms with E-state index in [4.69, 9.17) is 14.2 Å². The predicted molar refractivity (Wildman–Crippen MR) is 169 cm³/mol. The van der Waals surface area contributed by atoms with Crippen molar-refractivity contribution in [2.24, 2.45) is 11.8 Å². The first kappa shape index (κ1) is 34.4. The first-order valence-electron chi connectivity index (χ1n) is 15.2. The van der Waals surface area contributed by atoms with Gasteiger partial charge in [0.2, 0.25) is 10.0 Å². The zero-order valence-electron chi connectivity index (χ0n) is 26.1. The van der Waals surface area contributed by atoms with Gasteiger partial charge >= 0.3 is 6.09 Å². The van der Waals surface area contributed by atoms with Crippen molar-refractivity contribution < 1.29 is 41.3 Å². The van der Waals surface area contributed by atoms with Crippen LogP contribution in [0.1, 0.15) is 33.3 Å². The third kappa shape index (κ3) is 7.94. The molecule has 2 saturated heterocycles. The number of aliphatic hydroxyl groups is 1. The van der Waals surface area contributed by atoms with E-state index in [0.29, 0.717) is 15.3 Å². The first-order chi connectivity index (χ1) is 21.7. The average Bonchev–Trinajstić information content (AvgIpc) is 3.66. The van der Waals surface area contributed by atoms with Crippen LogP contribution < -0.4 is 10.6 Å².